The molecule has 0 radical (unpaired) electrons. The zero-order chi connectivity index (χ0) is 16.7. The van der Waals surface area contributed by atoms with E-state index in [-0.39, 0.29) is 18.0 Å². The Morgan fingerprint density at radius 2 is 1.96 bits per heavy atom. The van der Waals surface area contributed by atoms with Crippen molar-refractivity contribution >= 4 is 22.5 Å². The van der Waals surface area contributed by atoms with E-state index in [0.29, 0.717) is 16.9 Å². The summed E-state index contributed by atoms with van der Waals surface area (Å²) in [6.07, 6.45) is 5.97. The number of hydrogen-bond donors (Lipinski definition) is 0. The molecule has 0 spiro atoms. The predicted molar refractivity (Wildman–Crippen MR) is 89.0 cm³/mol. The van der Waals surface area contributed by atoms with Gasteiger partial charge in [0.05, 0.1) is 11.8 Å². The molecular weight excluding hydrogens is 308 g/mol. The molecule has 0 aliphatic carbocycles. The summed E-state index contributed by atoms with van der Waals surface area (Å²) in [6, 6.07) is 3.52. The maximum absolute atomic E-state index is 12.7. The quantitative estimate of drug-likeness (QED) is 0.721. The van der Waals surface area contributed by atoms with Gasteiger partial charge in [-0.2, -0.15) is 5.10 Å². The molecule has 0 N–H and O–H groups in total. The Bertz CT molecular complexity index is 957. The number of hydrogen-bond acceptors (Lipinski definition) is 4. The normalized spacial score (nSPS) is 16.0. The number of carbonyl (C=O) groups excluding carboxylic acids is 1. The topological polar surface area (TPSA) is 72.8 Å². The molecule has 0 atom stereocenters. The molecule has 1 aliphatic rings. The lowest BCUT2D eigenvalue weighted by Crippen LogP contribution is -2.38. The summed E-state index contributed by atoms with van der Waals surface area (Å²) in [5, 5.41) is 4.34. The molecule has 24 heavy (non-hydrogen) atoms. The van der Waals surface area contributed by atoms with Crippen molar-refractivity contribution in [1.29, 1.82) is 0 Å². The van der Waals surface area contributed by atoms with Crippen molar-refractivity contribution in [3.8, 4) is 0 Å². The van der Waals surface area contributed by atoms with E-state index in [2.05, 4.69) is 5.10 Å². The predicted octanol–water partition coefficient (Wildman–Crippen LogP) is 1.95. The van der Waals surface area contributed by atoms with E-state index in [4.69, 9.17) is 4.42 Å². The maximum atomic E-state index is 12.7. The third-order valence-electron chi connectivity index (χ3n) is 4.71. The van der Waals surface area contributed by atoms with E-state index < -0.39 is 0 Å². The van der Waals surface area contributed by atoms with E-state index in [1.165, 1.54) is 4.68 Å². The van der Waals surface area contributed by atoms with Crippen LogP contribution in [0.2, 0.25) is 0 Å². The summed E-state index contributed by atoms with van der Waals surface area (Å²) in [5.74, 6) is 0.621. The van der Waals surface area contributed by atoms with Gasteiger partial charge in [0.1, 0.15) is 17.9 Å². The zero-order valence-electron chi connectivity index (χ0n) is 13.7. The van der Waals surface area contributed by atoms with E-state index in [1.807, 2.05) is 17.9 Å². The van der Waals surface area contributed by atoms with Crippen LogP contribution in [0.5, 0.6) is 0 Å². The molecule has 1 saturated heterocycles. The van der Waals surface area contributed by atoms with Gasteiger partial charge in [0.25, 0.3) is 5.56 Å². The summed E-state index contributed by atoms with van der Waals surface area (Å²) < 4.78 is 8.42. The SMILES string of the molecule is Cc1nn(CC(=O)N2CCCCCC2)c(=O)c2cc3occc3n12. The maximum Gasteiger partial charge on any atom is 0.291 e. The lowest BCUT2D eigenvalue weighted by Gasteiger charge is -2.20. The Kier molecular flexibility index (Phi) is 3.63. The van der Waals surface area contributed by atoms with Crippen LogP contribution in [0.15, 0.2) is 27.6 Å². The van der Waals surface area contributed by atoms with E-state index in [9.17, 15) is 9.59 Å². The van der Waals surface area contributed by atoms with Crippen LogP contribution in [0.3, 0.4) is 0 Å². The molecular formula is C17H20N4O3. The first-order valence-corrected chi connectivity index (χ1v) is 8.39. The smallest absolute Gasteiger partial charge is 0.291 e. The van der Waals surface area contributed by atoms with Crippen molar-refractivity contribution in [1.82, 2.24) is 19.1 Å². The number of amides is 1. The van der Waals surface area contributed by atoms with Crippen molar-refractivity contribution in [2.75, 3.05) is 13.1 Å². The highest BCUT2D eigenvalue weighted by molar-refractivity contribution is 5.82. The largest absolute Gasteiger partial charge is 0.463 e. The third kappa shape index (κ3) is 2.40. The van der Waals surface area contributed by atoms with Gasteiger partial charge in [0.15, 0.2) is 5.58 Å². The van der Waals surface area contributed by atoms with Crippen molar-refractivity contribution in [2.24, 2.45) is 0 Å². The number of furan rings is 1. The fourth-order valence-corrected chi connectivity index (χ4v) is 3.48. The molecule has 4 heterocycles. The van der Waals surface area contributed by atoms with Crippen molar-refractivity contribution in [2.45, 2.75) is 39.2 Å². The third-order valence-corrected chi connectivity index (χ3v) is 4.71. The molecule has 1 amide bonds. The van der Waals surface area contributed by atoms with Gasteiger partial charge >= 0.3 is 0 Å². The Morgan fingerprint density at radius 1 is 1.21 bits per heavy atom. The van der Waals surface area contributed by atoms with E-state index in [1.54, 1.807) is 16.7 Å². The Labute approximate surface area is 138 Å². The number of fused-ring (bicyclic) bond motifs is 3. The average molecular weight is 328 g/mol. The fraction of sp³-hybridized carbons (Fsp3) is 0.471. The van der Waals surface area contributed by atoms with Crippen LogP contribution >= 0.6 is 0 Å². The summed E-state index contributed by atoms with van der Waals surface area (Å²) in [4.78, 5) is 27.1. The molecule has 3 aromatic rings. The molecule has 7 nitrogen and oxygen atoms in total. The zero-order valence-corrected chi connectivity index (χ0v) is 13.7. The number of rotatable bonds is 2. The van der Waals surface area contributed by atoms with Gasteiger partial charge in [-0.25, -0.2) is 4.68 Å². The average Bonchev–Trinajstić information content (AvgIpc) is 3.03. The number of nitrogens with zero attached hydrogens (tertiary/aromatic N) is 4. The van der Waals surface area contributed by atoms with Gasteiger partial charge in [0.2, 0.25) is 5.91 Å². The second kappa shape index (κ2) is 5.81. The molecule has 126 valence electrons. The van der Waals surface area contributed by atoms with Crippen LogP contribution in [-0.2, 0) is 11.3 Å². The first-order valence-electron chi connectivity index (χ1n) is 8.39. The Hall–Kier alpha value is -2.57. The Morgan fingerprint density at radius 3 is 2.71 bits per heavy atom. The van der Waals surface area contributed by atoms with Gasteiger partial charge in [-0.05, 0) is 19.8 Å². The summed E-state index contributed by atoms with van der Waals surface area (Å²) in [6.45, 7) is 3.36. The standard InChI is InChI=1S/C17H20N4O3/c1-12-18-20(11-16(22)19-7-4-2-3-5-8-19)17(23)14-10-15-13(21(12)14)6-9-24-15/h6,9-10H,2-5,7-8,11H2,1H3. The van der Waals surface area contributed by atoms with Gasteiger partial charge in [-0.1, -0.05) is 12.8 Å². The summed E-state index contributed by atoms with van der Waals surface area (Å²) in [5.41, 5.74) is 1.68. The first kappa shape index (κ1) is 15.0. The van der Waals surface area contributed by atoms with Crippen LogP contribution in [0.4, 0.5) is 0 Å². The summed E-state index contributed by atoms with van der Waals surface area (Å²) >= 11 is 0. The minimum absolute atomic E-state index is 0.0112. The summed E-state index contributed by atoms with van der Waals surface area (Å²) in [7, 11) is 0. The molecule has 1 aliphatic heterocycles. The molecule has 0 aromatic carbocycles. The van der Waals surface area contributed by atoms with Crippen molar-refractivity contribution in [3.63, 3.8) is 0 Å². The molecule has 0 bridgehead atoms. The number of carbonyl (C=O) groups is 1. The lowest BCUT2D eigenvalue weighted by atomic mass is 10.2. The van der Waals surface area contributed by atoms with E-state index in [0.717, 1.165) is 44.3 Å². The molecule has 0 unspecified atom stereocenters. The van der Waals surface area contributed by atoms with Gasteiger partial charge in [-0.15, -0.1) is 0 Å². The van der Waals surface area contributed by atoms with Gasteiger partial charge < -0.3 is 9.32 Å². The monoisotopic (exact) mass is 328 g/mol. The minimum Gasteiger partial charge on any atom is -0.463 e. The molecule has 0 saturated carbocycles. The van der Waals surface area contributed by atoms with E-state index >= 15 is 0 Å². The molecule has 7 heteroatoms. The van der Waals surface area contributed by atoms with Crippen molar-refractivity contribution in [3.05, 3.63) is 34.6 Å². The first-order chi connectivity index (χ1) is 11.6. The Balaban J connectivity index is 1.70. The second-order valence-corrected chi connectivity index (χ2v) is 6.34. The fourth-order valence-electron chi connectivity index (χ4n) is 3.48. The molecule has 1 fully saturated rings. The number of aromatic nitrogens is 3. The number of likely N-dealkylation sites (tertiary alicyclic amines) is 1. The van der Waals surface area contributed by atoms with Crippen LogP contribution in [0.25, 0.3) is 16.6 Å². The van der Waals surface area contributed by atoms with Gasteiger partial charge in [-0.3, -0.25) is 14.0 Å². The number of aryl methyl sites for hydroxylation is 1. The second-order valence-electron chi connectivity index (χ2n) is 6.34. The van der Waals surface area contributed by atoms with Crippen molar-refractivity contribution < 1.29 is 9.21 Å². The minimum atomic E-state index is -0.268. The molecule has 3 aromatic heterocycles. The highest BCUT2D eigenvalue weighted by Gasteiger charge is 2.19. The van der Waals surface area contributed by atoms with Crippen LogP contribution in [-0.4, -0.2) is 38.1 Å². The highest BCUT2D eigenvalue weighted by Crippen LogP contribution is 2.20. The van der Waals surface area contributed by atoms with Crippen LogP contribution in [0.1, 0.15) is 31.5 Å². The van der Waals surface area contributed by atoms with Crippen LogP contribution in [0, 0.1) is 6.92 Å². The lowest BCUT2D eigenvalue weighted by molar-refractivity contribution is -0.132. The van der Waals surface area contributed by atoms with Gasteiger partial charge in [0, 0.05) is 25.2 Å². The highest BCUT2D eigenvalue weighted by atomic mass is 16.3. The van der Waals surface area contributed by atoms with Crippen LogP contribution < -0.4 is 5.56 Å². The molecule has 4 rings (SSSR count).